The molecule has 2 rings (SSSR count). The number of sulfonamides is 1. The van der Waals surface area contributed by atoms with Gasteiger partial charge in [0.05, 0.1) is 30.1 Å². The summed E-state index contributed by atoms with van der Waals surface area (Å²) in [4.78, 5) is 0. The Bertz CT molecular complexity index is 802. The quantitative estimate of drug-likeness (QED) is 0.887. The first-order chi connectivity index (χ1) is 10.5. The van der Waals surface area contributed by atoms with Crippen molar-refractivity contribution in [3.63, 3.8) is 0 Å². The number of rotatable bonds is 6. The maximum Gasteiger partial charge on any atom is 0.256 e. The van der Waals surface area contributed by atoms with E-state index in [-0.39, 0.29) is 6.42 Å². The van der Waals surface area contributed by atoms with Crippen LogP contribution < -0.4 is 4.72 Å². The van der Waals surface area contributed by atoms with Crippen LogP contribution in [-0.2, 0) is 16.6 Å². The Morgan fingerprint density at radius 3 is 2.77 bits per heavy atom. The lowest BCUT2D eigenvalue weighted by Crippen LogP contribution is -2.13. The van der Waals surface area contributed by atoms with Crippen LogP contribution in [-0.4, -0.2) is 18.2 Å². The van der Waals surface area contributed by atoms with Crippen molar-refractivity contribution in [3.05, 3.63) is 53.1 Å². The van der Waals surface area contributed by atoms with E-state index in [9.17, 15) is 8.42 Å². The Labute approximate surface area is 129 Å². The molecule has 7 heteroatoms. The number of anilines is 1. The summed E-state index contributed by atoms with van der Waals surface area (Å²) < 4.78 is 28.2. The molecule has 0 saturated carbocycles. The van der Waals surface area contributed by atoms with Gasteiger partial charge < -0.3 is 0 Å². The second-order valence-electron chi connectivity index (χ2n) is 4.66. The zero-order valence-electron chi connectivity index (χ0n) is 12.1. The van der Waals surface area contributed by atoms with Crippen molar-refractivity contribution in [1.82, 2.24) is 9.78 Å². The molecule has 0 atom stereocenters. The van der Waals surface area contributed by atoms with Gasteiger partial charge in [0.1, 0.15) is 5.82 Å². The lowest BCUT2D eigenvalue weighted by Gasteiger charge is -2.06. The van der Waals surface area contributed by atoms with Crippen molar-refractivity contribution in [3.8, 4) is 6.07 Å². The van der Waals surface area contributed by atoms with Crippen LogP contribution in [0.5, 0.6) is 0 Å². The van der Waals surface area contributed by atoms with E-state index in [1.807, 2.05) is 36.4 Å². The van der Waals surface area contributed by atoms with Crippen LogP contribution >= 0.6 is 0 Å². The SMILES string of the molecule is Cc1cc(NS(=O)(=O)C=Cc2ccccc2)n(CCC#N)n1. The summed E-state index contributed by atoms with van der Waals surface area (Å²) in [5.41, 5.74) is 1.48. The number of aromatic nitrogens is 2. The lowest BCUT2D eigenvalue weighted by molar-refractivity contribution is 0.604. The van der Waals surface area contributed by atoms with E-state index in [0.717, 1.165) is 11.0 Å². The number of hydrogen-bond acceptors (Lipinski definition) is 4. The number of aryl methyl sites for hydroxylation is 2. The van der Waals surface area contributed by atoms with E-state index >= 15 is 0 Å². The molecule has 1 aromatic heterocycles. The highest BCUT2D eigenvalue weighted by molar-refractivity contribution is 7.95. The molecular weight excluding hydrogens is 300 g/mol. The highest BCUT2D eigenvalue weighted by Crippen LogP contribution is 2.14. The molecule has 0 fully saturated rings. The molecule has 114 valence electrons. The molecule has 1 N–H and O–H groups in total. The van der Waals surface area contributed by atoms with Crippen LogP contribution in [0, 0.1) is 18.3 Å². The smallest absolute Gasteiger partial charge is 0.256 e. The third-order valence-electron chi connectivity index (χ3n) is 2.82. The van der Waals surface area contributed by atoms with Gasteiger partial charge in [-0.15, -0.1) is 0 Å². The minimum atomic E-state index is -3.64. The molecule has 22 heavy (non-hydrogen) atoms. The van der Waals surface area contributed by atoms with Crippen LogP contribution in [0.2, 0.25) is 0 Å². The van der Waals surface area contributed by atoms with Gasteiger partial charge in [-0.2, -0.15) is 10.4 Å². The normalized spacial score (nSPS) is 11.5. The third kappa shape index (κ3) is 4.46. The van der Waals surface area contributed by atoms with Crippen molar-refractivity contribution in [2.45, 2.75) is 19.9 Å². The molecular formula is C15H16N4O2S. The predicted molar refractivity (Wildman–Crippen MR) is 85.2 cm³/mol. The van der Waals surface area contributed by atoms with Gasteiger partial charge in [0, 0.05) is 6.07 Å². The molecule has 0 saturated heterocycles. The average molecular weight is 316 g/mol. The molecule has 2 aromatic rings. The van der Waals surface area contributed by atoms with Crippen LogP contribution in [0.1, 0.15) is 17.7 Å². The van der Waals surface area contributed by atoms with Crippen LogP contribution in [0.25, 0.3) is 6.08 Å². The predicted octanol–water partition coefficient (Wildman–Crippen LogP) is 2.52. The number of nitrogens with zero attached hydrogens (tertiary/aromatic N) is 3. The zero-order valence-corrected chi connectivity index (χ0v) is 12.9. The van der Waals surface area contributed by atoms with Gasteiger partial charge in [-0.1, -0.05) is 30.3 Å². The van der Waals surface area contributed by atoms with Gasteiger partial charge in [-0.25, -0.2) is 13.1 Å². The number of nitriles is 1. The van der Waals surface area contributed by atoms with Gasteiger partial charge in [0.25, 0.3) is 10.0 Å². The molecule has 0 aliphatic carbocycles. The minimum absolute atomic E-state index is 0.260. The second kappa shape index (κ2) is 6.91. The molecule has 1 aromatic carbocycles. The van der Waals surface area contributed by atoms with E-state index in [0.29, 0.717) is 18.1 Å². The average Bonchev–Trinajstić information content (AvgIpc) is 2.83. The molecule has 0 radical (unpaired) electrons. The molecule has 1 heterocycles. The van der Waals surface area contributed by atoms with Crippen LogP contribution in [0.15, 0.2) is 41.8 Å². The maximum absolute atomic E-state index is 12.1. The van der Waals surface area contributed by atoms with E-state index < -0.39 is 10.0 Å². The van der Waals surface area contributed by atoms with Crippen LogP contribution in [0.4, 0.5) is 5.82 Å². The Hall–Kier alpha value is -2.59. The molecule has 0 spiro atoms. The standard InChI is InChI=1S/C15H16N4O2S/c1-13-12-15(19(17-13)10-5-9-16)18-22(20,21)11-8-14-6-3-2-4-7-14/h2-4,6-8,11-12,18H,5,10H2,1H3. The molecule has 0 bridgehead atoms. The number of nitrogens with one attached hydrogen (secondary N) is 1. The van der Waals surface area contributed by atoms with Gasteiger partial charge in [-0.3, -0.25) is 4.72 Å². The molecule has 6 nitrogen and oxygen atoms in total. The summed E-state index contributed by atoms with van der Waals surface area (Å²) in [6.45, 7) is 2.10. The van der Waals surface area contributed by atoms with E-state index in [4.69, 9.17) is 5.26 Å². The first kappa shape index (κ1) is 15.8. The molecule has 0 aliphatic rings. The van der Waals surface area contributed by atoms with Gasteiger partial charge in [0.15, 0.2) is 0 Å². The van der Waals surface area contributed by atoms with Gasteiger partial charge in [0.2, 0.25) is 0 Å². The minimum Gasteiger partial charge on any atom is -0.264 e. The Morgan fingerprint density at radius 2 is 2.09 bits per heavy atom. The van der Waals surface area contributed by atoms with E-state index in [1.54, 1.807) is 13.0 Å². The Balaban J connectivity index is 2.15. The first-order valence-electron chi connectivity index (χ1n) is 6.67. The largest absolute Gasteiger partial charge is 0.264 e. The number of hydrogen-bond donors (Lipinski definition) is 1. The van der Waals surface area contributed by atoms with Crippen molar-refractivity contribution in [2.75, 3.05) is 4.72 Å². The second-order valence-corrected chi connectivity index (χ2v) is 6.23. The molecule has 0 unspecified atom stereocenters. The summed E-state index contributed by atoms with van der Waals surface area (Å²) in [6.07, 6.45) is 1.78. The Morgan fingerprint density at radius 1 is 1.36 bits per heavy atom. The van der Waals surface area contributed by atoms with Crippen LogP contribution in [0.3, 0.4) is 0 Å². The monoisotopic (exact) mass is 316 g/mol. The summed E-state index contributed by atoms with van der Waals surface area (Å²) >= 11 is 0. The summed E-state index contributed by atoms with van der Waals surface area (Å²) in [6, 6.07) is 12.8. The fourth-order valence-electron chi connectivity index (χ4n) is 1.87. The van der Waals surface area contributed by atoms with Crippen molar-refractivity contribution in [2.24, 2.45) is 0 Å². The van der Waals surface area contributed by atoms with Gasteiger partial charge in [-0.05, 0) is 18.6 Å². The number of benzene rings is 1. The summed E-state index contributed by atoms with van der Waals surface area (Å²) in [5.74, 6) is 0.352. The molecule has 0 aliphatic heterocycles. The van der Waals surface area contributed by atoms with Gasteiger partial charge >= 0.3 is 0 Å². The van der Waals surface area contributed by atoms with Crippen molar-refractivity contribution in [1.29, 1.82) is 5.26 Å². The highest BCUT2D eigenvalue weighted by Gasteiger charge is 2.11. The summed E-state index contributed by atoms with van der Waals surface area (Å²) in [5, 5.41) is 13.9. The third-order valence-corrected chi connectivity index (χ3v) is 3.81. The summed E-state index contributed by atoms with van der Waals surface area (Å²) in [7, 11) is -3.64. The zero-order chi connectivity index (χ0) is 16.0. The first-order valence-corrected chi connectivity index (χ1v) is 8.22. The van der Waals surface area contributed by atoms with Crippen molar-refractivity contribution < 1.29 is 8.42 Å². The molecule has 0 amide bonds. The topological polar surface area (TPSA) is 87.8 Å². The van der Waals surface area contributed by atoms with E-state index in [1.165, 1.54) is 10.8 Å². The fraction of sp³-hybridized carbons (Fsp3) is 0.200. The fourth-order valence-corrected chi connectivity index (χ4v) is 2.73. The van der Waals surface area contributed by atoms with E-state index in [2.05, 4.69) is 9.82 Å². The maximum atomic E-state index is 12.1. The lowest BCUT2D eigenvalue weighted by atomic mass is 10.2. The van der Waals surface area contributed by atoms with Crippen molar-refractivity contribution >= 4 is 21.9 Å². The highest BCUT2D eigenvalue weighted by atomic mass is 32.2. The Kier molecular flexibility index (Phi) is 4.96.